The highest BCUT2D eigenvalue weighted by Crippen LogP contribution is 2.12. The van der Waals surface area contributed by atoms with Gasteiger partial charge in [-0.3, -0.25) is 0 Å². The minimum atomic E-state index is -4.56. The second-order valence-electron chi connectivity index (χ2n) is 3.61. The maximum absolute atomic E-state index is 11.7. The van der Waals surface area contributed by atoms with E-state index in [4.69, 9.17) is 9.84 Å². The van der Waals surface area contributed by atoms with Crippen molar-refractivity contribution in [2.45, 2.75) is 25.3 Å². The van der Waals surface area contributed by atoms with E-state index >= 15 is 0 Å². The van der Waals surface area contributed by atoms with Gasteiger partial charge in [0.1, 0.15) is 6.10 Å². The van der Waals surface area contributed by atoms with Crippen molar-refractivity contribution in [2.75, 3.05) is 6.61 Å². The number of ether oxygens (including phenoxy) is 1. The first-order valence-electron chi connectivity index (χ1n) is 5.36. The van der Waals surface area contributed by atoms with Gasteiger partial charge in [0, 0.05) is 12.3 Å². The zero-order valence-electron chi connectivity index (χ0n) is 9.57. The number of benzene rings is 1. The van der Waals surface area contributed by atoms with Crippen LogP contribution in [0.4, 0.5) is 13.2 Å². The van der Waals surface area contributed by atoms with Crippen molar-refractivity contribution >= 4 is 0 Å². The van der Waals surface area contributed by atoms with Crippen molar-refractivity contribution in [1.82, 2.24) is 0 Å². The van der Waals surface area contributed by atoms with Crippen molar-refractivity contribution in [1.29, 1.82) is 0 Å². The second kappa shape index (κ2) is 7.04. The molecule has 98 valence electrons. The molecule has 1 atom stereocenters. The van der Waals surface area contributed by atoms with E-state index in [1.165, 1.54) is 0 Å². The predicted molar refractivity (Wildman–Crippen MR) is 60.6 cm³/mol. The summed E-state index contributed by atoms with van der Waals surface area (Å²) < 4.78 is 40.3. The van der Waals surface area contributed by atoms with Crippen molar-refractivity contribution in [3.8, 4) is 11.8 Å². The average molecular weight is 258 g/mol. The fourth-order valence-electron chi connectivity index (χ4n) is 1.20. The second-order valence-corrected chi connectivity index (χ2v) is 3.61. The third-order valence-corrected chi connectivity index (χ3v) is 2.03. The van der Waals surface area contributed by atoms with Crippen molar-refractivity contribution in [3.63, 3.8) is 0 Å². The van der Waals surface area contributed by atoms with E-state index in [0.29, 0.717) is 6.61 Å². The molecule has 18 heavy (non-hydrogen) atoms. The zero-order valence-corrected chi connectivity index (χ0v) is 9.57. The Labute approximate surface area is 103 Å². The highest BCUT2D eigenvalue weighted by molar-refractivity contribution is 5.13. The molecule has 0 spiro atoms. The SMILES string of the molecule is O[C@H](C#CC(F)(F)F)CCOCc1ccccc1. The van der Waals surface area contributed by atoms with Crippen molar-refractivity contribution in [3.05, 3.63) is 35.9 Å². The van der Waals surface area contributed by atoms with Gasteiger partial charge in [0.2, 0.25) is 0 Å². The molecule has 1 rings (SSSR count). The molecule has 1 aromatic carbocycles. The Hall–Kier alpha value is -1.51. The van der Waals surface area contributed by atoms with Crippen LogP contribution in [0, 0.1) is 11.8 Å². The third kappa shape index (κ3) is 6.94. The number of aliphatic hydroxyl groups is 1. The summed E-state index contributed by atoms with van der Waals surface area (Å²) in [5, 5.41) is 9.16. The summed E-state index contributed by atoms with van der Waals surface area (Å²) in [5.74, 6) is 2.75. The Balaban J connectivity index is 2.20. The molecule has 0 unspecified atom stereocenters. The first-order chi connectivity index (χ1) is 8.47. The molecular formula is C13H13F3O2. The molecule has 0 amide bonds. The molecule has 0 saturated carbocycles. The van der Waals surface area contributed by atoms with E-state index < -0.39 is 12.3 Å². The summed E-state index contributed by atoms with van der Waals surface area (Å²) in [7, 11) is 0. The lowest BCUT2D eigenvalue weighted by Gasteiger charge is -2.05. The van der Waals surface area contributed by atoms with Gasteiger partial charge in [0.15, 0.2) is 0 Å². The first kappa shape index (κ1) is 14.6. The van der Waals surface area contributed by atoms with Crippen LogP contribution in [0.5, 0.6) is 0 Å². The van der Waals surface area contributed by atoms with Gasteiger partial charge in [-0.1, -0.05) is 36.3 Å². The molecule has 1 aromatic rings. The van der Waals surface area contributed by atoms with Crippen LogP contribution in [0.3, 0.4) is 0 Å². The van der Waals surface area contributed by atoms with Gasteiger partial charge in [-0.2, -0.15) is 13.2 Å². The summed E-state index contributed by atoms with van der Waals surface area (Å²) in [5.41, 5.74) is 0.966. The molecular weight excluding hydrogens is 245 g/mol. The van der Waals surface area contributed by atoms with Gasteiger partial charge in [-0.25, -0.2) is 0 Å². The number of rotatable bonds is 5. The average Bonchev–Trinajstić information content (AvgIpc) is 2.33. The van der Waals surface area contributed by atoms with Gasteiger partial charge >= 0.3 is 6.18 Å². The fourth-order valence-corrected chi connectivity index (χ4v) is 1.20. The largest absolute Gasteiger partial charge is 0.457 e. The van der Waals surface area contributed by atoms with Crippen LogP contribution in [0.15, 0.2) is 30.3 Å². The molecule has 0 radical (unpaired) electrons. The Kier molecular flexibility index (Phi) is 5.69. The molecule has 0 fully saturated rings. The molecule has 0 aliphatic carbocycles. The van der Waals surface area contributed by atoms with E-state index in [1.807, 2.05) is 30.3 Å². The van der Waals surface area contributed by atoms with Gasteiger partial charge in [-0.05, 0) is 5.56 Å². The fraction of sp³-hybridized carbons (Fsp3) is 0.385. The van der Waals surface area contributed by atoms with E-state index in [-0.39, 0.29) is 13.0 Å². The number of hydrogen-bond donors (Lipinski definition) is 1. The van der Waals surface area contributed by atoms with Crippen LogP contribution < -0.4 is 0 Å². The standard InChI is InChI=1S/C13H13F3O2/c14-13(15,16)8-6-12(17)7-9-18-10-11-4-2-1-3-5-11/h1-5,12,17H,7,9-10H2/t12-/m1/s1. The van der Waals surface area contributed by atoms with Crippen LogP contribution in [0.1, 0.15) is 12.0 Å². The van der Waals surface area contributed by atoms with Crippen LogP contribution in [0.25, 0.3) is 0 Å². The third-order valence-electron chi connectivity index (χ3n) is 2.03. The normalized spacial score (nSPS) is 12.7. The minimum absolute atomic E-state index is 0.0515. The Morgan fingerprint density at radius 3 is 2.50 bits per heavy atom. The van der Waals surface area contributed by atoms with Gasteiger partial charge in [-0.15, -0.1) is 0 Å². The van der Waals surface area contributed by atoms with Crippen LogP contribution in [0.2, 0.25) is 0 Å². The molecule has 0 heterocycles. The molecule has 0 saturated heterocycles. The molecule has 5 heteroatoms. The quantitative estimate of drug-likeness (QED) is 0.649. The smallest absolute Gasteiger partial charge is 0.380 e. The number of alkyl halides is 3. The molecule has 2 nitrogen and oxygen atoms in total. The number of aliphatic hydroxyl groups excluding tert-OH is 1. The number of hydrogen-bond acceptors (Lipinski definition) is 2. The van der Waals surface area contributed by atoms with Gasteiger partial charge < -0.3 is 9.84 Å². The number of halogens is 3. The van der Waals surface area contributed by atoms with Crippen LogP contribution >= 0.6 is 0 Å². The first-order valence-corrected chi connectivity index (χ1v) is 5.36. The van der Waals surface area contributed by atoms with Crippen LogP contribution in [-0.4, -0.2) is 24.0 Å². The monoisotopic (exact) mass is 258 g/mol. The molecule has 0 bridgehead atoms. The lowest BCUT2D eigenvalue weighted by molar-refractivity contribution is -0.0700. The summed E-state index contributed by atoms with van der Waals surface area (Å²) in [6.45, 7) is 0.517. The highest BCUT2D eigenvalue weighted by atomic mass is 19.4. The van der Waals surface area contributed by atoms with Gasteiger partial charge in [0.25, 0.3) is 0 Å². The van der Waals surface area contributed by atoms with E-state index in [0.717, 1.165) is 11.5 Å². The van der Waals surface area contributed by atoms with Crippen molar-refractivity contribution < 1.29 is 23.0 Å². The van der Waals surface area contributed by atoms with E-state index in [2.05, 4.69) is 0 Å². The molecule has 0 aliphatic rings. The Bertz CT molecular complexity index is 404. The summed E-state index contributed by atoms with van der Waals surface area (Å²) in [4.78, 5) is 0. The zero-order chi connectivity index (χ0) is 13.4. The van der Waals surface area contributed by atoms with Crippen LogP contribution in [-0.2, 0) is 11.3 Å². The summed E-state index contributed by atoms with van der Waals surface area (Å²) >= 11 is 0. The summed E-state index contributed by atoms with van der Waals surface area (Å²) in [6.07, 6.45) is -5.83. The maximum atomic E-state index is 11.7. The van der Waals surface area contributed by atoms with Crippen molar-refractivity contribution in [2.24, 2.45) is 0 Å². The predicted octanol–water partition coefficient (Wildman–Crippen LogP) is 2.52. The lowest BCUT2D eigenvalue weighted by Crippen LogP contribution is -2.10. The highest BCUT2D eigenvalue weighted by Gasteiger charge is 2.23. The maximum Gasteiger partial charge on any atom is 0.457 e. The van der Waals surface area contributed by atoms with Gasteiger partial charge in [0.05, 0.1) is 13.2 Å². The molecule has 0 aliphatic heterocycles. The topological polar surface area (TPSA) is 29.5 Å². The van der Waals surface area contributed by atoms with E-state index in [9.17, 15) is 13.2 Å². The lowest BCUT2D eigenvalue weighted by atomic mass is 10.2. The molecule has 1 N–H and O–H groups in total. The van der Waals surface area contributed by atoms with E-state index in [1.54, 1.807) is 5.92 Å². The summed E-state index contributed by atoms with van der Waals surface area (Å²) in [6, 6.07) is 9.35. The minimum Gasteiger partial charge on any atom is -0.380 e. The Morgan fingerprint density at radius 2 is 1.89 bits per heavy atom. The molecule has 0 aromatic heterocycles. The Morgan fingerprint density at radius 1 is 1.22 bits per heavy atom.